The molecule has 2 heterocycles. The van der Waals surface area contributed by atoms with Gasteiger partial charge >= 0.3 is 0 Å². The Hall–Kier alpha value is -2.69. The molecule has 1 aromatic heterocycles. The highest BCUT2D eigenvalue weighted by molar-refractivity contribution is 5.90. The Morgan fingerprint density at radius 3 is 2.64 bits per heavy atom. The Kier molecular flexibility index (Phi) is 3.79. The monoisotopic (exact) mass is 340 g/mol. The Balaban J connectivity index is 1.57. The third kappa shape index (κ3) is 2.69. The molecule has 2 aromatic carbocycles. The predicted octanol–water partition coefficient (Wildman–Crippen LogP) is 4.27. The largest absolute Gasteiger partial charge is 0.356 e. The van der Waals surface area contributed by atoms with Crippen LogP contribution in [0.5, 0.6) is 0 Å². The Bertz CT molecular complexity index is 946. The average Bonchev–Trinajstić information content (AvgIpc) is 2.86. The second-order valence-corrected chi connectivity index (χ2v) is 6.51. The summed E-state index contributed by atoms with van der Waals surface area (Å²) in [6.45, 7) is 2.55. The van der Waals surface area contributed by atoms with Crippen LogP contribution in [0.2, 0.25) is 0 Å². The molecule has 5 heteroatoms. The SMILES string of the molecule is Cc1[nH]c2c(F)cccc2c1CC(=O)N1CC[C@@H]1c1ccc(F)cc1. The van der Waals surface area contributed by atoms with Gasteiger partial charge in [-0.25, -0.2) is 8.78 Å². The summed E-state index contributed by atoms with van der Waals surface area (Å²) >= 11 is 0. The minimum Gasteiger partial charge on any atom is -0.356 e. The maximum Gasteiger partial charge on any atom is 0.227 e. The number of carbonyl (C=O) groups is 1. The molecule has 0 unspecified atom stereocenters. The summed E-state index contributed by atoms with van der Waals surface area (Å²) in [7, 11) is 0. The molecule has 1 atom stereocenters. The van der Waals surface area contributed by atoms with Crippen LogP contribution in [0.3, 0.4) is 0 Å². The second-order valence-electron chi connectivity index (χ2n) is 6.51. The van der Waals surface area contributed by atoms with Crippen molar-refractivity contribution in [1.82, 2.24) is 9.88 Å². The number of carbonyl (C=O) groups excluding carboxylic acids is 1. The van der Waals surface area contributed by atoms with Gasteiger partial charge in [0.1, 0.15) is 11.6 Å². The summed E-state index contributed by atoms with van der Waals surface area (Å²) in [4.78, 5) is 17.6. The summed E-state index contributed by atoms with van der Waals surface area (Å²) in [5.41, 5.74) is 3.04. The van der Waals surface area contributed by atoms with Crippen LogP contribution in [0, 0.1) is 18.6 Å². The molecule has 3 nitrogen and oxygen atoms in total. The number of halogens is 2. The lowest BCUT2D eigenvalue weighted by Crippen LogP contribution is -2.45. The molecule has 0 aliphatic carbocycles. The first-order valence-corrected chi connectivity index (χ1v) is 8.35. The van der Waals surface area contributed by atoms with Crippen molar-refractivity contribution in [2.24, 2.45) is 0 Å². The molecule has 1 saturated heterocycles. The van der Waals surface area contributed by atoms with Crippen LogP contribution in [0.25, 0.3) is 10.9 Å². The first-order chi connectivity index (χ1) is 12.0. The van der Waals surface area contributed by atoms with Gasteiger partial charge in [-0.3, -0.25) is 4.79 Å². The predicted molar refractivity (Wildman–Crippen MR) is 92.2 cm³/mol. The number of para-hydroxylation sites is 1. The molecule has 0 spiro atoms. The van der Waals surface area contributed by atoms with Crippen molar-refractivity contribution in [2.45, 2.75) is 25.8 Å². The van der Waals surface area contributed by atoms with Gasteiger partial charge in [0.25, 0.3) is 0 Å². The normalized spacial score (nSPS) is 16.9. The van der Waals surface area contributed by atoms with Gasteiger partial charge < -0.3 is 9.88 Å². The Labute approximate surface area is 144 Å². The van der Waals surface area contributed by atoms with Gasteiger partial charge in [0.2, 0.25) is 5.91 Å². The molecule has 4 rings (SSSR count). The number of amides is 1. The standard InChI is InChI=1S/C20H18F2N2O/c1-12-16(15-3-2-4-17(22)20(15)23-12)11-19(25)24-10-9-18(24)13-5-7-14(21)8-6-13/h2-8,18,23H,9-11H2,1H3/t18-/m1/s1. The minimum absolute atomic E-state index is 0.00431. The number of aromatic amines is 1. The molecule has 1 aliphatic heterocycles. The van der Waals surface area contributed by atoms with Crippen molar-refractivity contribution in [1.29, 1.82) is 0 Å². The van der Waals surface area contributed by atoms with Crippen molar-refractivity contribution in [2.75, 3.05) is 6.54 Å². The van der Waals surface area contributed by atoms with Gasteiger partial charge in [0.15, 0.2) is 0 Å². The van der Waals surface area contributed by atoms with Gasteiger partial charge in [-0.2, -0.15) is 0 Å². The molecule has 0 radical (unpaired) electrons. The van der Waals surface area contributed by atoms with Crippen LogP contribution >= 0.6 is 0 Å². The fourth-order valence-electron chi connectivity index (χ4n) is 3.57. The van der Waals surface area contributed by atoms with E-state index in [-0.39, 0.29) is 30.0 Å². The zero-order valence-electron chi connectivity index (χ0n) is 13.9. The Morgan fingerprint density at radius 2 is 1.96 bits per heavy atom. The number of fused-ring (bicyclic) bond motifs is 1. The van der Waals surface area contributed by atoms with Crippen molar-refractivity contribution < 1.29 is 13.6 Å². The smallest absolute Gasteiger partial charge is 0.227 e. The van der Waals surface area contributed by atoms with E-state index in [0.29, 0.717) is 12.1 Å². The zero-order valence-corrected chi connectivity index (χ0v) is 13.9. The van der Waals surface area contributed by atoms with E-state index in [1.807, 2.05) is 17.9 Å². The molecule has 1 fully saturated rings. The molecule has 1 amide bonds. The number of aryl methyl sites for hydroxylation is 1. The van der Waals surface area contributed by atoms with E-state index in [2.05, 4.69) is 4.98 Å². The highest BCUT2D eigenvalue weighted by atomic mass is 19.1. The molecule has 0 bridgehead atoms. The summed E-state index contributed by atoms with van der Waals surface area (Å²) in [5, 5.41) is 0.754. The van der Waals surface area contributed by atoms with E-state index < -0.39 is 0 Å². The third-order valence-corrected chi connectivity index (χ3v) is 5.03. The number of hydrogen-bond acceptors (Lipinski definition) is 1. The van der Waals surface area contributed by atoms with Crippen LogP contribution in [0.1, 0.15) is 29.3 Å². The summed E-state index contributed by atoms with van der Waals surface area (Å²) in [6.07, 6.45) is 1.10. The second kappa shape index (κ2) is 5.99. The molecular weight excluding hydrogens is 322 g/mol. The van der Waals surface area contributed by atoms with Crippen LogP contribution in [-0.4, -0.2) is 22.3 Å². The molecule has 0 saturated carbocycles. The van der Waals surface area contributed by atoms with Crippen LogP contribution < -0.4 is 0 Å². The highest BCUT2D eigenvalue weighted by Gasteiger charge is 2.33. The molecule has 1 aliphatic rings. The van der Waals surface area contributed by atoms with E-state index in [9.17, 15) is 13.6 Å². The number of H-pyrrole nitrogens is 1. The first-order valence-electron chi connectivity index (χ1n) is 8.35. The topological polar surface area (TPSA) is 36.1 Å². The maximum atomic E-state index is 13.9. The third-order valence-electron chi connectivity index (χ3n) is 5.03. The van der Waals surface area contributed by atoms with Gasteiger partial charge in [-0.15, -0.1) is 0 Å². The van der Waals surface area contributed by atoms with Crippen molar-refractivity contribution >= 4 is 16.8 Å². The lowest BCUT2D eigenvalue weighted by molar-refractivity contribution is -0.138. The van der Waals surface area contributed by atoms with Gasteiger partial charge in [-0.1, -0.05) is 24.3 Å². The average molecular weight is 340 g/mol. The number of hydrogen-bond donors (Lipinski definition) is 1. The molecule has 3 aromatic rings. The van der Waals surface area contributed by atoms with E-state index in [1.54, 1.807) is 18.2 Å². The lowest BCUT2D eigenvalue weighted by Gasteiger charge is -2.41. The summed E-state index contributed by atoms with van der Waals surface area (Å²) < 4.78 is 27.0. The fraction of sp³-hybridized carbons (Fsp3) is 0.250. The van der Waals surface area contributed by atoms with Crippen molar-refractivity contribution in [3.63, 3.8) is 0 Å². The number of nitrogens with zero attached hydrogens (tertiary/aromatic N) is 1. The van der Waals surface area contributed by atoms with Gasteiger partial charge in [0, 0.05) is 17.6 Å². The fourth-order valence-corrected chi connectivity index (χ4v) is 3.57. The summed E-state index contributed by atoms with van der Waals surface area (Å²) in [6, 6.07) is 11.2. The van der Waals surface area contributed by atoms with Crippen molar-refractivity contribution in [3.8, 4) is 0 Å². The number of rotatable bonds is 3. The molecule has 128 valence electrons. The zero-order chi connectivity index (χ0) is 17.6. The first kappa shape index (κ1) is 15.8. The quantitative estimate of drug-likeness (QED) is 0.759. The summed E-state index contributed by atoms with van der Waals surface area (Å²) in [5.74, 6) is -0.585. The van der Waals surface area contributed by atoms with Crippen molar-refractivity contribution in [3.05, 3.63) is 70.9 Å². The number of aromatic nitrogens is 1. The number of benzene rings is 2. The highest BCUT2D eigenvalue weighted by Crippen LogP contribution is 2.34. The van der Waals surface area contributed by atoms with Crippen LogP contribution in [0.4, 0.5) is 8.78 Å². The molecule has 25 heavy (non-hydrogen) atoms. The maximum absolute atomic E-state index is 13.9. The molecular formula is C20H18F2N2O. The van der Waals surface area contributed by atoms with Gasteiger partial charge in [0.05, 0.1) is 18.0 Å². The van der Waals surface area contributed by atoms with Crippen LogP contribution in [-0.2, 0) is 11.2 Å². The Morgan fingerprint density at radius 1 is 1.20 bits per heavy atom. The van der Waals surface area contributed by atoms with Gasteiger partial charge in [-0.05, 0) is 42.7 Å². The van der Waals surface area contributed by atoms with E-state index in [0.717, 1.165) is 28.6 Å². The molecule has 1 N–H and O–H groups in total. The van der Waals surface area contributed by atoms with E-state index in [1.165, 1.54) is 18.2 Å². The lowest BCUT2D eigenvalue weighted by atomic mass is 9.93. The van der Waals surface area contributed by atoms with E-state index >= 15 is 0 Å². The minimum atomic E-state index is -0.313. The number of likely N-dealkylation sites (tertiary alicyclic amines) is 1. The number of nitrogens with one attached hydrogen (secondary N) is 1. The van der Waals surface area contributed by atoms with E-state index in [4.69, 9.17) is 0 Å². The van der Waals surface area contributed by atoms with Crippen LogP contribution in [0.15, 0.2) is 42.5 Å².